The quantitative estimate of drug-likeness (QED) is 0.204. The number of rotatable bonds is 15. The number of unbranched alkanes of at least 4 members (excludes halogenated alkanes) is 10. The third kappa shape index (κ3) is 17.2. The molecule has 0 spiro atoms. The fourth-order valence-electron chi connectivity index (χ4n) is 2.26. The lowest BCUT2D eigenvalue weighted by molar-refractivity contribution is -0.142. The molecule has 0 aromatic carbocycles. The Labute approximate surface area is 132 Å². The minimum absolute atomic E-state index is 0.0909. The molecule has 0 fully saturated rings. The minimum Gasteiger partial charge on any atom is -0.465 e. The molecule has 0 N–H and O–H groups in total. The van der Waals surface area contributed by atoms with E-state index >= 15 is 0 Å². The summed E-state index contributed by atoms with van der Waals surface area (Å²) in [4.78, 5) is 11.3. The van der Waals surface area contributed by atoms with Gasteiger partial charge in [0.05, 0.1) is 13.0 Å². The zero-order valence-electron chi connectivity index (χ0n) is 14.4. The van der Waals surface area contributed by atoms with E-state index in [1.807, 2.05) is 6.08 Å². The molecule has 0 heterocycles. The smallest absolute Gasteiger partial charge is 0.309 e. The lowest BCUT2D eigenvalue weighted by Crippen LogP contribution is -2.03. The molecule has 2 nitrogen and oxygen atoms in total. The second-order valence-corrected chi connectivity index (χ2v) is 5.87. The number of carbonyl (C=O) groups is 1. The van der Waals surface area contributed by atoms with Gasteiger partial charge in [0.15, 0.2) is 0 Å². The van der Waals surface area contributed by atoms with Crippen molar-refractivity contribution < 1.29 is 9.53 Å². The molecule has 0 aliphatic rings. The van der Waals surface area contributed by atoms with Crippen LogP contribution in [0.15, 0.2) is 12.2 Å². The van der Waals surface area contributed by atoms with E-state index < -0.39 is 0 Å². The van der Waals surface area contributed by atoms with Crippen LogP contribution in [-0.4, -0.2) is 12.6 Å². The van der Waals surface area contributed by atoms with E-state index in [0.29, 0.717) is 13.0 Å². The molecule has 0 aromatic rings. The number of allylic oxidation sites excluding steroid dienone is 1. The number of ether oxygens (including phenoxy) is 1. The van der Waals surface area contributed by atoms with E-state index in [9.17, 15) is 4.79 Å². The average molecular weight is 296 g/mol. The first-order valence-corrected chi connectivity index (χ1v) is 9.11. The Morgan fingerprint density at radius 1 is 0.762 bits per heavy atom. The van der Waals surface area contributed by atoms with E-state index in [0.717, 1.165) is 19.3 Å². The van der Waals surface area contributed by atoms with Gasteiger partial charge in [-0.15, -0.1) is 0 Å². The van der Waals surface area contributed by atoms with Crippen LogP contribution in [-0.2, 0) is 9.53 Å². The van der Waals surface area contributed by atoms with Gasteiger partial charge in [-0.25, -0.2) is 0 Å². The first kappa shape index (κ1) is 20.2. The van der Waals surface area contributed by atoms with Gasteiger partial charge in [0, 0.05) is 0 Å². The maximum atomic E-state index is 11.3. The Kier molecular flexibility index (Phi) is 16.6. The summed E-state index contributed by atoms with van der Waals surface area (Å²) in [5.74, 6) is -0.0909. The number of hydrogen-bond acceptors (Lipinski definition) is 2. The van der Waals surface area contributed by atoms with Gasteiger partial charge in [-0.2, -0.15) is 0 Å². The molecule has 124 valence electrons. The Balaban J connectivity index is 3.19. The maximum absolute atomic E-state index is 11.3. The van der Waals surface area contributed by atoms with E-state index in [4.69, 9.17) is 4.74 Å². The summed E-state index contributed by atoms with van der Waals surface area (Å²) in [6.07, 6.45) is 19.9. The molecule has 0 aliphatic heterocycles. The molecule has 0 aromatic heterocycles. The number of esters is 1. The zero-order chi connectivity index (χ0) is 15.6. The minimum atomic E-state index is -0.0909. The Morgan fingerprint density at radius 3 is 1.95 bits per heavy atom. The number of carbonyl (C=O) groups excluding carboxylic acids is 1. The van der Waals surface area contributed by atoms with E-state index in [1.54, 1.807) is 0 Å². The number of hydrogen-bond donors (Lipinski definition) is 0. The second kappa shape index (κ2) is 17.3. The van der Waals surface area contributed by atoms with Crippen molar-refractivity contribution in [2.75, 3.05) is 6.61 Å². The van der Waals surface area contributed by atoms with Crippen LogP contribution in [0.5, 0.6) is 0 Å². The molecule has 0 amide bonds. The largest absolute Gasteiger partial charge is 0.465 e. The summed E-state index contributed by atoms with van der Waals surface area (Å²) < 4.78 is 5.09. The van der Waals surface area contributed by atoms with Crippen LogP contribution in [0.25, 0.3) is 0 Å². The van der Waals surface area contributed by atoms with Crippen molar-refractivity contribution in [2.24, 2.45) is 0 Å². The normalized spacial score (nSPS) is 11.1. The van der Waals surface area contributed by atoms with Crippen molar-refractivity contribution in [3.05, 3.63) is 12.2 Å². The Morgan fingerprint density at radius 2 is 1.33 bits per heavy atom. The summed E-state index contributed by atoms with van der Waals surface area (Å²) in [6, 6.07) is 0. The third-order valence-corrected chi connectivity index (χ3v) is 3.69. The molecule has 0 rings (SSSR count). The SMILES string of the molecule is CCCCCCCCCCCC=CCC(=O)OCCCC. The third-order valence-electron chi connectivity index (χ3n) is 3.69. The fraction of sp³-hybridized carbons (Fsp3) is 0.842. The summed E-state index contributed by atoms with van der Waals surface area (Å²) in [6.45, 7) is 4.93. The summed E-state index contributed by atoms with van der Waals surface area (Å²) in [7, 11) is 0. The van der Waals surface area contributed by atoms with Gasteiger partial charge >= 0.3 is 5.97 Å². The van der Waals surface area contributed by atoms with Crippen molar-refractivity contribution >= 4 is 5.97 Å². The molecule has 0 atom stereocenters. The highest BCUT2D eigenvalue weighted by molar-refractivity contribution is 5.71. The Bertz CT molecular complexity index is 246. The fourth-order valence-corrected chi connectivity index (χ4v) is 2.26. The van der Waals surface area contributed by atoms with Crippen molar-refractivity contribution in [2.45, 2.75) is 97.3 Å². The molecule has 21 heavy (non-hydrogen) atoms. The first-order valence-electron chi connectivity index (χ1n) is 9.11. The van der Waals surface area contributed by atoms with Gasteiger partial charge in [-0.3, -0.25) is 4.79 Å². The lowest BCUT2D eigenvalue weighted by atomic mass is 10.1. The molecule has 0 bridgehead atoms. The summed E-state index contributed by atoms with van der Waals surface area (Å²) >= 11 is 0. The van der Waals surface area contributed by atoms with Crippen LogP contribution in [0, 0.1) is 0 Å². The van der Waals surface area contributed by atoms with Crippen molar-refractivity contribution in [1.82, 2.24) is 0 Å². The van der Waals surface area contributed by atoms with Gasteiger partial charge in [0.25, 0.3) is 0 Å². The molecule has 0 saturated carbocycles. The second-order valence-electron chi connectivity index (χ2n) is 5.87. The van der Waals surface area contributed by atoms with Crippen LogP contribution in [0.4, 0.5) is 0 Å². The van der Waals surface area contributed by atoms with Crippen molar-refractivity contribution in [3.63, 3.8) is 0 Å². The van der Waals surface area contributed by atoms with Crippen LogP contribution in [0.3, 0.4) is 0 Å². The zero-order valence-corrected chi connectivity index (χ0v) is 14.4. The van der Waals surface area contributed by atoms with Gasteiger partial charge in [-0.1, -0.05) is 83.8 Å². The van der Waals surface area contributed by atoms with Gasteiger partial charge in [0.2, 0.25) is 0 Å². The first-order chi connectivity index (χ1) is 10.3. The summed E-state index contributed by atoms with van der Waals surface area (Å²) in [5.41, 5.74) is 0. The van der Waals surface area contributed by atoms with Gasteiger partial charge < -0.3 is 4.74 Å². The molecule has 0 radical (unpaired) electrons. The Hall–Kier alpha value is -0.790. The predicted octanol–water partition coefficient (Wildman–Crippen LogP) is 6.20. The van der Waals surface area contributed by atoms with E-state index in [-0.39, 0.29) is 5.97 Å². The van der Waals surface area contributed by atoms with Gasteiger partial charge in [-0.05, 0) is 19.3 Å². The van der Waals surface area contributed by atoms with E-state index in [1.165, 1.54) is 57.8 Å². The molecular weight excluding hydrogens is 260 g/mol. The van der Waals surface area contributed by atoms with Crippen LogP contribution in [0.2, 0.25) is 0 Å². The van der Waals surface area contributed by atoms with Crippen molar-refractivity contribution in [1.29, 1.82) is 0 Å². The molecular formula is C19H36O2. The topological polar surface area (TPSA) is 26.3 Å². The van der Waals surface area contributed by atoms with Crippen LogP contribution >= 0.6 is 0 Å². The van der Waals surface area contributed by atoms with Gasteiger partial charge in [0.1, 0.15) is 0 Å². The van der Waals surface area contributed by atoms with E-state index in [2.05, 4.69) is 19.9 Å². The van der Waals surface area contributed by atoms with Crippen LogP contribution < -0.4 is 0 Å². The predicted molar refractivity (Wildman–Crippen MR) is 91.5 cm³/mol. The highest BCUT2D eigenvalue weighted by atomic mass is 16.5. The standard InChI is InChI=1S/C19H36O2/c1-3-5-7-8-9-10-11-12-13-14-15-16-17-19(20)21-18-6-4-2/h15-16H,3-14,17-18H2,1-2H3. The highest BCUT2D eigenvalue weighted by Crippen LogP contribution is 2.10. The lowest BCUT2D eigenvalue weighted by Gasteiger charge is -2.01. The average Bonchev–Trinajstić information content (AvgIpc) is 2.48. The van der Waals surface area contributed by atoms with Crippen molar-refractivity contribution in [3.8, 4) is 0 Å². The molecule has 0 saturated heterocycles. The molecule has 2 heteroatoms. The molecule has 0 unspecified atom stereocenters. The van der Waals surface area contributed by atoms with Crippen LogP contribution in [0.1, 0.15) is 97.3 Å². The summed E-state index contributed by atoms with van der Waals surface area (Å²) in [5, 5.41) is 0. The molecule has 0 aliphatic carbocycles. The highest BCUT2D eigenvalue weighted by Gasteiger charge is 1.97. The monoisotopic (exact) mass is 296 g/mol. The maximum Gasteiger partial charge on any atom is 0.309 e.